The van der Waals surface area contributed by atoms with Crippen molar-refractivity contribution in [1.82, 2.24) is 14.8 Å². The van der Waals surface area contributed by atoms with Crippen LogP contribution in [0, 0.1) is 5.92 Å². The molecule has 1 aromatic heterocycles. The number of nitrogens with zero attached hydrogens (tertiary/aromatic N) is 3. The Morgan fingerprint density at radius 3 is 3.05 bits per heavy atom. The Hall–Kier alpha value is -1.36. The minimum Gasteiger partial charge on any atom is -0.451 e. The monoisotopic (exact) mass is 263 g/mol. The highest BCUT2D eigenvalue weighted by atomic mass is 16.3. The molecule has 1 saturated carbocycles. The van der Waals surface area contributed by atoms with Crippen LogP contribution in [-0.2, 0) is 11.3 Å². The van der Waals surface area contributed by atoms with Crippen molar-refractivity contribution < 1.29 is 9.21 Å². The maximum atomic E-state index is 12.1. The molecule has 1 amide bonds. The highest BCUT2D eigenvalue weighted by molar-refractivity contribution is 5.81. The number of aromatic nitrogens is 1. The summed E-state index contributed by atoms with van der Waals surface area (Å²) in [5.74, 6) is 0.657. The summed E-state index contributed by atoms with van der Waals surface area (Å²) < 4.78 is 5.01. The number of carbonyl (C=O) groups excluding carboxylic acids is 1. The topological polar surface area (TPSA) is 49.6 Å². The number of piperidine rings is 1. The van der Waals surface area contributed by atoms with Crippen molar-refractivity contribution in [3.63, 3.8) is 0 Å². The van der Waals surface area contributed by atoms with E-state index in [9.17, 15) is 4.79 Å². The lowest BCUT2D eigenvalue weighted by molar-refractivity contribution is -0.134. The Kier molecular flexibility index (Phi) is 3.55. The first-order valence-electron chi connectivity index (χ1n) is 7.10. The Morgan fingerprint density at radius 1 is 1.53 bits per heavy atom. The van der Waals surface area contributed by atoms with Gasteiger partial charge in [0, 0.05) is 32.1 Å². The van der Waals surface area contributed by atoms with E-state index in [1.165, 1.54) is 6.39 Å². The van der Waals surface area contributed by atoms with E-state index in [0.717, 1.165) is 51.0 Å². The van der Waals surface area contributed by atoms with Gasteiger partial charge in [0.15, 0.2) is 6.39 Å². The lowest BCUT2D eigenvalue weighted by Crippen LogP contribution is -2.48. The van der Waals surface area contributed by atoms with E-state index in [0.29, 0.717) is 17.9 Å². The molecule has 5 heteroatoms. The summed E-state index contributed by atoms with van der Waals surface area (Å²) >= 11 is 0. The van der Waals surface area contributed by atoms with Gasteiger partial charge in [0.25, 0.3) is 0 Å². The molecular formula is C14H21N3O2. The largest absolute Gasteiger partial charge is 0.451 e. The third kappa shape index (κ3) is 2.97. The fourth-order valence-electron chi connectivity index (χ4n) is 2.83. The molecule has 1 unspecified atom stereocenters. The molecule has 2 heterocycles. The lowest BCUT2D eigenvalue weighted by atomic mass is 10.0. The summed E-state index contributed by atoms with van der Waals surface area (Å²) in [7, 11) is 1.96. The van der Waals surface area contributed by atoms with Gasteiger partial charge in [-0.15, -0.1) is 0 Å². The second-order valence-electron chi connectivity index (χ2n) is 5.73. The number of likely N-dealkylation sites (tertiary alicyclic amines) is 1. The lowest BCUT2D eigenvalue weighted by Gasteiger charge is -2.37. The van der Waals surface area contributed by atoms with Crippen LogP contribution >= 0.6 is 0 Å². The molecule has 0 spiro atoms. The average Bonchev–Trinajstić information content (AvgIpc) is 3.16. The van der Waals surface area contributed by atoms with Crippen LogP contribution in [0.5, 0.6) is 0 Å². The third-order valence-corrected chi connectivity index (χ3v) is 4.17. The number of oxazole rings is 1. The number of carbonyl (C=O) groups is 1. The third-order valence-electron chi connectivity index (χ3n) is 4.17. The second-order valence-corrected chi connectivity index (χ2v) is 5.73. The van der Waals surface area contributed by atoms with Gasteiger partial charge in [0.1, 0.15) is 6.26 Å². The summed E-state index contributed by atoms with van der Waals surface area (Å²) in [6.07, 6.45) is 7.59. The molecule has 1 aromatic rings. The summed E-state index contributed by atoms with van der Waals surface area (Å²) in [5, 5.41) is 0. The predicted molar refractivity (Wildman–Crippen MR) is 70.3 cm³/mol. The van der Waals surface area contributed by atoms with Gasteiger partial charge in [-0.05, 0) is 32.2 Å². The zero-order chi connectivity index (χ0) is 13.2. The summed E-state index contributed by atoms with van der Waals surface area (Å²) in [6, 6.07) is 0.355. The summed E-state index contributed by atoms with van der Waals surface area (Å²) in [5.41, 5.74) is 0.969. The molecule has 3 rings (SSSR count). The van der Waals surface area contributed by atoms with Crippen LogP contribution in [-0.4, -0.2) is 46.9 Å². The predicted octanol–water partition coefficient (Wildman–Crippen LogP) is 1.51. The van der Waals surface area contributed by atoms with E-state index in [2.05, 4.69) is 9.88 Å². The molecule has 0 bridgehead atoms. The second kappa shape index (κ2) is 5.33. The Balaban J connectivity index is 1.56. The highest BCUT2D eigenvalue weighted by Crippen LogP contribution is 2.32. The van der Waals surface area contributed by atoms with E-state index in [-0.39, 0.29) is 0 Å². The van der Waals surface area contributed by atoms with E-state index in [1.54, 1.807) is 6.26 Å². The van der Waals surface area contributed by atoms with Crippen LogP contribution < -0.4 is 0 Å². The first kappa shape index (κ1) is 12.7. The van der Waals surface area contributed by atoms with Crippen LogP contribution in [0.15, 0.2) is 17.1 Å². The fraction of sp³-hybridized carbons (Fsp3) is 0.714. The van der Waals surface area contributed by atoms with E-state index < -0.39 is 0 Å². The first-order valence-corrected chi connectivity index (χ1v) is 7.10. The van der Waals surface area contributed by atoms with Crippen molar-refractivity contribution in [2.45, 2.75) is 38.3 Å². The molecule has 2 fully saturated rings. The maximum Gasteiger partial charge on any atom is 0.225 e. The van der Waals surface area contributed by atoms with Crippen LogP contribution in [0.3, 0.4) is 0 Å². The Labute approximate surface area is 113 Å². The Morgan fingerprint density at radius 2 is 2.37 bits per heavy atom. The Bertz CT molecular complexity index is 428. The molecule has 19 heavy (non-hydrogen) atoms. The van der Waals surface area contributed by atoms with Crippen molar-refractivity contribution in [2.75, 3.05) is 20.1 Å². The number of amides is 1. The molecule has 104 valence electrons. The van der Waals surface area contributed by atoms with E-state index in [4.69, 9.17) is 4.42 Å². The normalized spacial score (nSPS) is 24.4. The van der Waals surface area contributed by atoms with Crippen molar-refractivity contribution in [2.24, 2.45) is 5.92 Å². The minimum atomic E-state index is 0.316. The van der Waals surface area contributed by atoms with Crippen molar-refractivity contribution in [3.05, 3.63) is 18.4 Å². The minimum absolute atomic E-state index is 0.316. The highest BCUT2D eigenvalue weighted by Gasteiger charge is 2.35. The summed E-state index contributed by atoms with van der Waals surface area (Å²) in [6.45, 7) is 2.84. The molecule has 1 atom stereocenters. The van der Waals surface area contributed by atoms with Gasteiger partial charge >= 0.3 is 0 Å². The molecule has 5 nitrogen and oxygen atoms in total. The fourth-order valence-corrected chi connectivity index (χ4v) is 2.83. The smallest absolute Gasteiger partial charge is 0.225 e. The number of hydrogen-bond donors (Lipinski definition) is 0. The molecule has 1 aliphatic heterocycles. The van der Waals surface area contributed by atoms with Gasteiger partial charge in [-0.25, -0.2) is 4.98 Å². The van der Waals surface area contributed by atoms with Crippen LogP contribution in [0.2, 0.25) is 0 Å². The number of rotatable bonds is 4. The molecule has 0 N–H and O–H groups in total. The molecule has 2 aliphatic rings. The van der Waals surface area contributed by atoms with E-state index in [1.807, 2.05) is 11.9 Å². The van der Waals surface area contributed by atoms with Crippen molar-refractivity contribution >= 4 is 5.91 Å². The van der Waals surface area contributed by atoms with Gasteiger partial charge < -0.3 is 9.32 Å². The number of hydrogen-bond acceptors (Lipinski definition) is 4. The van der Waals surface area contributed by atoms with Crippen molar-refractivity contribution in [3.8, 4) is 0 Å². The molecule has 1 saturated heterocycles. The molecule has 1 aliphatic carbocycles. The van der Waals surface area contributed by atoms with Gasteiger partial charge in [0.2, 0.25) is 5.91 Å². The molecule has 0 radical (unpaired) electrons. The number of likely N-dealkylation sites (N-methyl/N-ethyl adjacent to an activating group) is 1. The summed E-state index contributed by atoms with van der Waals surface area (Å²) in [4.78, 5) is 20.6. The van der Waals surface area contributed by atoms with Crippen LogP contribution in [0.4, 0.5) is 0 Å². The van der Waals surface area contributed by atoms with Crippen LogP contribution in [0.1, 0.15) is 31.4 Å². The standard InChI is InChI=1S/C14H21N3O2/c1-16(14(18)11-4-5-11)13-3-2-6-17(8-13)7-12-9-19-10-15-12/h9-11,13H,2-8H2,1H3. The SMILES string of the molecule is CN(C(=O)C1CC1)C1CCCN(Cc2cocn2)C1. The van der Waals surface area contributed by atoms with Crippen molar-refractivity contribution in [1.29, 1.82) is 0 Å². The van der Waals surface area contributed by atoms with Gasteiger partial charge in [-0.3, -0.25) is 9.69 Å². The quantitative estimate of drug-likeness (QED) is 0.826. The molecule has 0 aromatic carbocycles. The van der Waals surface area contributed by atoms with Crippen LogP contribution in [0.25, 0.3) is 0 Å². The van der Waals surface area contributed by atoms with Gasteiger partial charge in [-0.1, -0.05) is 0 Å². The van der Waals surface area contributed by atoms with Gasteiger partial charge in [-0.2, -0.15) is 0 Å². The van der Waals surface area contributed by atoms with E-state index >= 15 is 0 Å². The zero-order valence-corrected chi connectivity index (χ0v) is 11.4. The average molecular weight is 263 g/mol. The van der Waals surface area contributed by atoms with Gasteiger partial charge in [0.05, 0.1) is 5.69 Å². The maximum absolute atomic E-state index is 12.1. The first-order chi connectivity index (χ1) is 9.24. The molecular weight excluding hydrogens is 242 g/mol. The zero-order valence-electron chi connectivity index (χ0n) is 11.4.